The fraction of sp³-hybridized carbons (Fsp3) is 0.952. The fourth-order valence-corrected chi connectivity index (χ4v) is 4.17. The number of nitrogens with zero attached hydrogens (tertiary/aromatic N) is 3. The molecule has 5 heteroatoms. The van der Waals surface area contributed by atoms with Gasteiger partial charge in [0.1, 0.15) is 0 Å². The normalized spacial score (nSPS) is 21.5. The summed E-state index contributed by atoms with van der Waals surface area (Å²) in [6.45, 7) is 14.9. The Morgan fingerprint density at radius 2 is 1.65 bits per heavy atom. The second-order valence-electron chi connectivity index (χ2n) is 7.96. The number of nitrogens with one attached hydrogen (secondary N) is 2. The summed E-state index contributed by atoms with van der Waals surface area (Å²) in [7, 11) is 0. The van der Waals surface area contributed by atoms with E-state index in [0.717, 1.165) is 31.5 Å². The molecule has 2 N–H and O–H groups in total. The molecule has 5 nitrogen and oxygen atoms in total. The molecule has 0 aromatic heterocycles. The molecule has 0 atom stereocenters. The predicted octanol–water partition coefficient (Wildman–Crippen LogP) is 2.93. The Morgan fingerprint density at radius 1 is 0.923 bits per heavy atom. The van der Waals surface area contributed by atoms with Crippen LogP contribution in [-0.2, 0) is 0 Å². The van der Waals surface area contributed by atoms with Gasteiger partial charge in [-0.3, -0.25) is 4.99 Å². The maximum absolute atomic E-state index is 4.79. The molecule has 2 saturated heterocycles. The number of piperidine rings is 1. The van der Waals surface area contributed by atoms with E-state index >= 15 is 0 Å². The third-order valence-electron chi connectivity index (χ3n) is 5.94. The van der Waals surface area contributed by atoms with E-state index in [1.165, 1.54) is 90.6 Å². The van der Waals surface area contributed by atoms with Crippen molar-refractivity contribution in [1.82, 2.24) is 20.4 Å². The highest BCUT2D eigenvalue weighted by molar-refractivity contribution is 5.79. The molecule has 0 saturated carbocycles. The Hall–Kier alpha value is -0.810. The second kappa shape index (κ2) is 13.4. The van der Waals surface area contributed by atoms with Gasteiger partial charge < -0.3 is 20.4 Å². The molecule has 2 fully saturated rings. The molecule has 0 amide bonds. The van der Waals surface area contributed by atoms with Crippen molar-refractivity contribution in [3.8, 4) is 0 Å². The van der Waals surface area contributed by atoms with Gasteiger partial charge in [-0.05, 0) is 90.6 Å². The van der Waals surface area contributed by atoms with Crippen molar-refractivity contribution in [2.75, 3.05) is 58.9 Å². The smallest absolute Gasteiger partial charge is 0.191 e. The number of hydrogen-bond donors (Lipinski definition) is 2. The van der Waals surface area contributed by atoms with Gasteiger partial charge in [-0.2, -0.15) is 0 Å². The predicted molar refractivity (Wildman–Crippen MR) is 113 cm³/mol. The second-order valence-corrected chi connectivity index (χ2v) is 7.96. The van der Waals surface area contributed by atoms with Crippen LogP contribution >= 0.6 is 0 Å². The summed E-state index contributed by atoms with van der Waals surface area (Å²) in [5.74, 6) is 1.89. The summed E-state index contributed by atoms with van der Waals surface area (Å²) in [4.78, 5) is 9.99. The molecule has 0 spiro atoms. The van der Waals surface area contributed by atoms with Crippen molar-refractivity contribution >= 4 is 5.96 Å². The average Bonchev–Trinajstić information content (AvgIpc) is 2.94. The molecular weight excluding hydrogens is 322 g/mol. The summed E-state index contributed by atoms with van der Waals surface area (Å²) in [5.41, 5.74) is 0. The zero-order valence-corrected chi connectivity index (χ0v) is 17.4. The third kappa shape index (κ3) is 8.72. The lowest BCUT2D eigenvalue weighted by molar-refractivity contribution is 0.187. The highest BCUT2D eigenvalue weighted by Gasteiger charge is 2.17. The first kappa shape index (κ1) is 21.5. The van der Waals surface area contributed by atoms with E-state index < -0.39 is 0 Å². The Kier molecular flexibility index (Phi) is 11.1. The van der Waals surface area contributed by atoms with Gasteiger partial charge in [0, 0.05) is 19.6 Å². The van der Waals surface area contributed by atoms with E-state index in [4.69, 9.17) is 4.99 Å². The summed E-state index contributed by atoms with van der Waals surface area (Å²) in [5, 5.41) is 6.96. The van der Waals surface area contributed by atoms with Crippen molar-refractivity contribution in [1.29, 1.82) is 0 Å². The van der Waals surface area contributed by atoms with Gasteiger partial charge in [0.05, 0.1) is 0 Å². The Bertz CT molecular complexity index is 369. The van der Waals surface area contributed by atoms with Crippen LogP contribution in [-0.4, -0.2) is 74.7 Å². The monoisotopic (exact) mass is 365 g/mol. The van der Waals surface area contributed by atoms with E-state index in [2.05, 4.69) is 34.3 Å². The fourth-order valence-electron chi connectivity index (χ4n) is 4.17. The summed E-state index contributed by atoms with van der Waals surface area (Å²) < 4.78 is 0. The lowest BCUT2D eigenvalue weighted by Gasteiger charge is -2.31. The topological polar surface area (TPSA) is 42.9 Å². The standard InChI is InChI=1S/C21H43N5/c1-3-22-21(23-13-9-17-26-15-7-5-6-8-16-26)24-14-10-20-11-18-25(4-2)19-12-20/h20H,3-19H2,1-2H3,(H2,22,23,24). The van der Waals surface area contributed by atoms with Crippen LogP contribution in [0.1, 0.15) is 65.2 Å². The number of rotatable bonds is 9. The van der Waals surface area contributed by atoms with Gasteiger partial charge in [0.15, 0.2) is 5.96 Å². The summed E-state index contributed by atoms with van der Waals surface area (Å²) in [6, 6.07) is 0. The van der Waals surface area contributed by atoms with Crippen LogP contribution in [0.15, 0.2) is 4.99 Å². The molecule has 2 heterocycles. The number of likely N-dealkylation sites (tertiary alicyclic amines) is 2. The Balaban J connectivity index is 1.59. The summed E-state index contributed by atoms with van der Waals surface area (Å²) >= 11 is 0. The van der Waals surface area contributed by atoms with Crippen LogP contribution in [0.5, 0.6) is 0 Å². The first-order chi connectivity index (χ1) is 12.8. The lowest BCUT2D eigenvalue weighted by Crippen LogP contribution is -2.39. The minimum atomic E-state index is 0.885. The largest absolute Gasteiger partial charge is 0.357 e. The van der Waals surface area contributed by atoms with Crippen LogP contribution in [0.2, 0.25) is 0 Å². The Labute approximate surface area is 162 Å². The van der Waals surface area contributed by atoms with Gasteiger partial charge in [-0.1, -0.05) is 19.8 Å². The number of aliphatic imine (C=N–C) groups is 1. The number of guanidine groups is 1. The molecule has 0 aliphatic carbocycles. The van der Waals surface area contributed by atoms with Gasteiger partial charge in [0.25, 0.3) is 0 Å². The van der Waals surface area contributed by atoms with Gasteiger partial charge >= 0.3 is 0 Å². The van der Waals surface area contributed by atoms with E-state index in [9.17, 15) is 0 Å². The average molecular weight is 366 g/mol. The third-order valence-corrected chi connectivity index (χ3v) is 5.94. The molecule has 0 aromatic rings. The van der Waals surface area contributed by atoms with Crippen molar-refractivity contribution in [2.45, 2.75) is 65.2 Å². The molecule has 2 aliphatic heterocycles. The van der Waals surface area contributed by atoms with Gasteiger partial charge in [-0.15, -0.1) is 0 Å². The van der Waals surface area contributed by atoms with Crippen molar-refractivity contribution in [3.05, 3.63) is 0 Å². The van der Waals surface area contributed by atoms with E-state index in [0.29, 0.717) is 0 Å². The molecule has 152 valence electrons. The van der Waals surface area contributed by atoms with Crippen molar-refractivity contribution in [2.24, 2.45) is 10.9 Å². The zero-order valence-electron chi connectivity index (χ0n) is 17.4. The van der Waals surface area contributed by atoms with Gasteiger partial charge in [-0.25, -0.2) is 0 Å². The molecule has 0 radical (unpaired) electrons. The molecule has 0 bridgehead atoms. The maximum atomic E-state index is 4.79. The first-order valence-corrected chi connectivity index (χ1v) is 11.3. The highest BCUT2D eigenvalue weighted by atomic mass is 15.2. The lowest BCUT2D eigenvalue weighted by atomic mass is 9.93. The quantitative estimate of drug-likeness (QED) is 0.375. The van der Waals surface area contributed by atoms with Gasteiger partial charge in [0.2, 0.25) is 0 Å². The summed E-state index contributed by atoms with van der Waals surface area (Å²) in [6.07, 6.45) is 10.8. The van der Waals surface area contributed by atoms with E-state index in [1.54, 1.807) is 0 Å². The van der Waals surface area contributed by atoms with Crippen LogP contribution in [0.3, 0.4) is 0 Å². The molecule has 0 unspecified atom stereocenters. The SMILES string of the molecule is CCNC(=NCCCN1CCCCCC1)NCCC1CCN(CC)CC1. The van der Waals surface area contributed by atoms with Crippen LogP contribution < -0.4 is 10.6 Å². The molecule has 2 rings (SSSR count). The molecule has 26 heavy (non-hydrogen) atoms. The van der Waals surface area contributed by atoms with Crippen LogP contribution in [0.4, 0.5) is 0 Å². The van der Waals surface area contributed by atoms with E-state index in [-0.39, 0.29) is 0 Å². The van der Waals surface area contributed by atoms with Crippen LogP contribution in [0.25, 0.3) is 0 Å². The van der Waals surface area contributed by atoms with Crippen LogP contribution in [0, 0.1) is 5.92 Å². The minimum Gasteiger partial charge on any atom is -0.357 e. The first-order valence-electron chi connectivity index (χ1n) is 11.3. The van der Waals surface area contributed by atoms with Crippen molar-refractivity contribution < 1.29 is 0 Å². The highest BCUT2D eigenvalue weighted by Crippen LogP contribution is 2.19. The molecule has 2 aliphatic rings. The molecular formula is C21H43N5. The Morgan fingerprint density at radius 3 is 2.31 bits per heavy atom. The molecule has 0 aromatic carbocycles. The van der Waals surface area contributed by atoms with Crippen molar-refractivity contribution in [3.63, 3.8) is 0 Å². The minimum absolute atomic E-state index is 0.885. The van der Waals surface area contributed by atoms with E-state index in [1.807, 2.05) is 0 Å². The zero-order chi connectivity index (χ0) is 18.5. The number of hydrogen-bond acceptors (Lipinski definition) is 3. The maximum Gasteiger partial charge on any atom is 0.191 e.